The number of pyridine rings is 1. The first-order valence-electron chi connectivity index (χ1n) is 8.51. The van der Waals surface area contributed by atoms with Crippen LogP contribution in [-0.2, 0) is 16.0 Å². The second-order valence-corrected chi connectivity index (χ2v) is 6.85. The highest BCUT2D eigenvalue weighted by Crippen LogP contribution is 2.18. The molecule has 0 radical (unpaired) electrons. The fourth-order valence-corrected chi connectivity index (χ4v) is 3.13. The zero-order chi connectivity index (χ0) is 20.8. The molecule has 0 unspecified atom stereocenters. The Morgan fingerprint density at radius 3 is 2.38 bits per heavy atom. The average molecular weight is 411 g/mol. The molecule has 10 heteroatoms. The topological polar surface area (TPSA) is 133 Å². The van der Waals surface area contributed by atoms with Crippen LogP contribution in [0.5, 0.6) is 0 Å². The summed E-state index contributed by atoms with van der Waals surface area (Å²) in [6.45, 7) is 1.41. The molecular weight excluding hydrogens is 394 g/mol. The lowest BCUT2D eigenvalue weighted by atomic mass is 10.2. The van der Waals surface area contributed by atoms with Crippen molar-refractivity contribution in [2.45, 2.75) is 13.3 Å². The third-order valence-corrected chi connectivity index (χ3v) is 4.47. The lowest BCUT2D eigenvalue weighted by molar-refractivity contribution is -0.116. The van der Waals surface area contributed by atoms with E-state index in [2.05, 4.69) is 25.9 Å². The number of H-pyrrole nitrogens is 1. The molecule has 0 aliphatic heterocycles. The molecule has 0 aliphatic carbocycles. The number of aromatic nitrogens is 2. The minimum Gasteiger partial charge on any atom is -0.328 e. The summed E-state index contributed by atoms with van der Waals surface area (Å²) < 4.78 is 0. The van der Waals surface area contributed by atoms with Crippen molar-refractivity contribution in [3.63, 3.8) is 0 Å². The number of nitrogens with one attached hydrogen (secondary N) is 4. The van der Waals surface area contributed by atoms with E-state index < -0.39 is 11.5 Å². The molecule has 3 rings (SSSR count). The molecule has 3 aromatic rings. The number of amides is 3. The first-order valence-corrected chi connectivity index (χ1v) is 9.39. The number of rotatable bonds is 6. The van der Waals surface area contributed by atoms with Crippen molar-refractivity contribution < 1.29 is 14.4 Å². The largest absolute Gasteiger partial charge is 0.328 e. The van der Waals surface area contributed by atoms with Crippen LogP contribution < -0.4 is 21.5 Å². The molecule has 1 aromatic carbocycles. The zero-order valence-electron chi connectivity index (χ0n) is 15.3. The van der Waals surface area contributed by atoms with Gasteiger partial charge in [-0.25, -0.2) is 4.98 Å². The van der Waals surface area contributed by atoms with E-state index in [0.717, 1.165) is 11.3 Å². The van der Waals surface area contributed by atoms with Crippen LogP contribution in [-0.4, -0.2) is 27.7 Å². The number of anilines is 3. The smallest absolute Gasteiger partial charge is 0.263 e. The van der Waals surface area contributed by atoms with Crippen LogP contribution in [0.3, 0.4) is 0 Å². The van der Waals surface area contributed by atoms with E-state index in [9.17, 15) is 19.2 Å². The Balaban J connectivity index is 1.56. The summed E-state index contributed by atoms with van der Waals surface area (Å²) in [7, 11) is 0. The predicted molar refractivity (Wildman–Crippen MR) is 110 cm³/mol. The predicted octanol–water partition coefficient (Wildman–Crippen LogP) is 2.22. The van der Waals surface area contributed by atoms with Crippen LogP contribution in [0.1, 0.15) is 23.0 Å². The highest BCUT2D eigenvalue weighted by Gasteiger charge is 2.13. The average Bonchev–Trinajstić information content (AvgIpc) is 3.09. The summed E-state index contributed by atoms with van der Waals surface area (Å²) in [6.07, 6.45) is 1.46. The molecule has 0 bridgehead atoms. The van der Waals surface area contributed by atoms with Gasteiger partial charge in [-0.15, -0.1) is 11.3 Å². The van der Waals surface area contributed by atoms with E-state index >= 15 is 0 Å². The van der Waals surface area contributed by atoms with Gasteiger partial charge in [0.25, 0.3) is 11.5 Å². The molecule has 29 heavy (non-hydrogen) atoms. The summed E-state index contributed by atoms with van der Waals surface area (Å²) in [5.41, 5.74) is 1.18. The normalized spacial score (nSPS) is 10.2. The number of aromatic amines is 1. The van der Waals surface area contributed by atoms with E-state index in [-0.39, 0.29) is 23.8 Å². The van der Waals surface area contributed by atoms with Crippen LogP contribution in [0.2, 0.25) is 0 Å². The maximum atomic E-state index is 12.2. The zero-order valence-corrected chi connectivity index (χ0v) is 16.1. The van der Waals surface area contributed by atoms with Crippen LogP contribution in [0, 0.1) is 0 Å². The molecular formula is C19H17N5O4S. The van der Waals surface area contributed by atoms with E-state index in [1.54, 1.807) is 35.7 Å². The van der Waals surface area contributed by atoms with Crippen LogP contribution in [0.15, 0.2) is 52.8 Å². The molecule has 0 aliphatic rings. The Morgan fingerprint density at radius 1 is 1.03 bits per heavy atom. The maximum absolute atomic E-state index is 12.2. The Morgan fingerprint density at radius 2 is 1.72 bits per heavy atom. The van der Waals surface area contributed by atoms with Gasteiger partial charge in [0, 0.05) is 29.9 Å². The minimum absolute atomic E-state index is 0.0196. The number of hydrogen-bond donors (Lipinski definition) is 4. The highest BCUT2D eigenvalue weighted by molar-refractivity contribution is 7.14. The van der Waals surface area contributed by atoms with Crippen molar-refractivity contribution in [2.24, 2.45) is 0 Å². The Bertz CT molecular complexity index is 1100. The van der Waals surface area contributed by atoms with Gasteiger partial charge in [-0.2, -0.15) is 0 Å². The number of benzene rings is 1. The summed E-state index contributed by atoms with van der Waals surface area (Å²) in [5.74, 6) is -1.03. The van der Waals surface area contributed by atoms with Crippen molar-refractivity contribution in [1.82, 2.24) is 9.97 Å². The number of carbonyl (C=O) groups is 3. The first kappa shape index (κ1) is 20.0. The number of hydrogen-bond acceptors (Lipinski definition) is 6. The molecule has 148 valence electrons. The van der Waals surface area contributed by atoms with Crippen LogP contribution in [0.4, 0.5) is 16.5 Å². The van der Waals surface area contributed by atoms with Gasteiger partial charge in [0.1, 0.15) is 5.56 Å². The van der Waals surface area contributed by atoms with E-state index in [1.807, 2.05) is 0 Å². The SMILES string of the molecule is CC(=O)Nc1ccc(NC(=O)Cc2csc(NC(=O)c3ccc[nH]c3=O)n2)cc1. The first-order chi connectivity index (χ1) is 13.9. The Kier molecular flexibility index (Phi) is 6.15. The van der Waals surface area contributed by atoms with Gasteiger partial charge in [-0.3, -0.25) is 24.5 Å². The molecule has 4 N–H and O–H groups in total. The van der Waals surface area contributed by atoms with E-state index in [0.29, 0.717) is 22.2 Å². The lowest BCUT2D eigenvalue weighted by Crippen LogP contribution is -2.22. The standard InChI is InChI=1S/C19H17N5O4S/c1-11(25)21-12-4-6-13(7-5-12)22-16(26)9-14-10-29-19(23-14)24-18(28)15-3-2-8-20-17(15)27/h2-8,10H,9H2,1H3,(H,20,27)(H,21,25)(H,22,26)(H,23,24,28). The van der Waals surface area contributed by atoms with Crippen LogP contribution in [0.25, 0.3) is 0 Å². The lowest BCUT2D eigenvalue weighted by Gasteiger charge is -2.06. The van der Waals surface area contributed by atoms with Crippen molar-refractivity contribution in [1.29, 1.82) is 0 Å². The highest BCUT2D eigenvalue weighted by atomic mass is 32.1. The number of nitrogens with zero attached hydrogens (tertiary/aromatic N) is 1. The van der Waals surface area contributed by atoms with Gasteiger partial charge < -0.3 is 15.6 Å². The van der Waals surface area contributed by atoms with Crippen molar-refractivity contribution >= 4 is 45.6 Å². The molecule has 0 saturated heterocycles. The Hall–Kier alpha value is -3.79. The second kappa shape index (κ2) is 8.93. The van der Waals surface area contributed by atoms with Gasteiger partial charge in [-0.05, 0) is 36.4 Å². The van der Waals surface area contributed by atoms with Crippen LogP contribution >= 0.6 is 11.3 Å². The summed E-state index contributed by atoms with van der Waals surface area (Å²) in [4.78, 5) is 53.6. The monoisotopic (exact) mass is 411 g/mol. The van der Waals surface area contributed by atoms with Gasteiger partial charge in [0.05, 0.1) is 12.1 Å². The summed E-state index contributed by atoms with van der Waals surface area (Å²) in [6, 6.07) is 9.67. The molecule has 9 nitrogen and oxygen atoms in total. The molecule has 2 aromatic heterocycles. The summed E-state index contributed by atoms with van der Waals surface area (Å²) >= 11 is 1.16. The van der Waals surface area contributed by atoms with E-state index in [1.165, 1.54) is 19.2 Å². The van der Waals surface area contributed by atoms with Crippen molar-refractivity contribution in [2.75, 3.05) is 16.0 Å². The molecule has 0 atom stereocenters. The third-order valence-electron chi connectivity index (χ3n) is 3.67. The van der Waals surface area contributed by atoms with Gasteiger partial charge in [0.2, 0.25) is 11.8 Å². The molecule has 0 saturated carbocycles. The van der Waals surface area contributed by atoms with Gasteiger partial charge in [0.15, 0.2) is 5.13 Å². The Labute approximate surface area is 169 Å². The number of thiazole rings is 1. The summed E-state index contributed by atoms with van der Waals surface area (Å²) in [5, 5.41) is 9.87. The number of carbonyl (C=O) groups excluding carboxylic acids is 3. The van der Waals surface area contributed by atoms with Crippen molar-refractivity contribution in [3.8, 4) is 0 Å². The second-order valence-electron chi connectivity index (χ2n) is 5.99. The van der Waals surface area contributed by atoms with Crippen molar-refractivity contribution in [3.05, 3.63) is 69.6 Å². The maximum Gasteiger partial charge on any atom is 0.263 e. The molecule has 2 heterocycles. The fourth-order valence-electron chi connectivity index (χ4n) is 2.42. The fraction of sp³-hybridized carbons (Fsp3) is 0.105. The minimum atomic E-state index is -0.573. The molecule has 3 amide bonds. The molecule has 0 fully saturated rings. The van der Waals surface area contributed by atoms with Gasteiger partial charge >= 0.3 is 0 Å². The van der Waals surface area contributed by atoms with Gasteiger partial charge in [-0.1, -0.05) is 0 Å². The quantitative estimate of drug-likeness (QED) is 0.494. The third kappa shape index (κ3) is 5.59. The molecule has 0 spiro atoms. The van der Waals surface area contributed by atoms with E-state index in [4.69, 9.17) is 0 Å².